The van der Waals surface area contributed by atoms with Crippen molar-refractivity contribution in [3.8, 4) is 0 Å². The molecule has 1 saturated carbocycles. The molecule has 0 unspecified atom stereocenters. The van der Waals surface area contributed by atoms with Crippen molar-refractivity contribution in [2.45, 2.75) is 18.8 Å². The zero-order valence-electron chi connectivity index (χ0n) is 7.40. The molecule has 0 atom stereocenters. The number of pyridine rings is 1. The fraction of sp³-hybridized carbons (Fsp3) is 0.273. The molecular formula is C11H11N2. The fourth-order valence-corrected chi connectivity index (χ4v) is 1.75. The first-order valence-electron chi connectivity index (χ1n) is 4.65. The van der Waals surface area contributed by atoms with Gasteiger partial charge in [0.1, 0.15) is 0 Å². The third-order valence-corrected chi connectivity index (χ3v) is 2.64. The Morgan fingerprint density at radius 3 is 2.92 bits per heavy atom. The molecule has 0 amide bonds. The Morgan fingerprint density at radius 1 is 1.38 bits per heavy atom. The summed E-state index contributed by atoms with van der Waals surface area (Å²) in [5.41, 5.74) is 3.46. The maximum absolute atomic E-state index is 4.53. The quantitative estimate of drug-likeness (QED) is 0.644. The molecule has 1 aliphatic rings. The monoisotopic (exact) mass is 171 g/mol. The molecule has 2 aromatic heterocycles. The first kappa shape index (κ1) is 7.13. The molecule has 0 bridgehead atoms. The number of fused-ring (bicyclic) bond motifs is 1. The Balaban J connectivity index is 2.30. The summed E-state index contributed by atoms with van der Waals surface area (Å²) in [5, 5.41) is 4.53. The molecular weight excluding hydrogens is 160 g/mol. The second-order valence-corrected chi connectivity index (χ2v) is 3.67. The molecule has 0 saturated heterocycles. The number of hydrogen-bond donors (Lipinski definition) is 0. The molecule has 0 aromatic carbocycles. The molecule has 1 radical (unpaired) electrons. The van der Waals surface area contributed by atoms with E-state index in [1.165, 1.54) is 18.5 Å². The predicted octanol–water partition coefficient (Wildman–Crippen LogP) is 2.39. The summed E-state index contributed by atoms with van der Waals surface area (Å²) in [7, 11) is 0. The minimum Gasteiger partial charge on any atom is -0.240 e. The van der Waals surface area contributed by atoms with Crippen LogP contribution in [0.25, 0.3) is 5.52 Å². The van der Waals surface area contributed by atoms with Crippen LogP contribution < -0.4 is 0 Å². The minimum absolute atomic E-state index is 0.687. The van der Waals surface area contributed by atoms with Gasteiger partial charge in [-0.05, 0) is 31.9 Å². The lowest BCUT2D eigenvalue weighted by Crippen LogP contribution is -1.85. The topological polar surface area (TPSA) is 17.3 Å². The summed E-state index contributed by atoms with van der Waals surface area (Å²) in [6, 6.07) is 6.10. The van der Waals surface area contributed by atoms with E-state index in [0.717, 1.165) is 11.1 Å². The summed E-state index contributed by atoms with van der Waals surface area (Å²) in [6.07, 6.45) is 4.55. The van der Waals surface area contributed by atoms with Gasteiger partial charge in [-0.1, -0.05) is 6.07 Å². The number of hydrogen-bond acceptors (Lipinski definition) is 1. The largest absolute Gasteiger partial charge is 0.240 e. The Bertz CT molecular complexity index is 452. The number of rotatable bonds is 1. The van der Waals surface area contributed by atoms with Gasteiger partial charge in [0.2, 0.25) is 0 Å². The summed E-state index contributed by atoms with van der Waals surface area (Å²) < 4.78 is 1.93. The van der Waals surface area contributed by atoms with E-state index in [9.17, 15) is 0 Å². The van der Waals surface area contributed by atoms with Crippen molar-refractivity contribution in [3.05, 3.63) is 42.6 Å². The number of aromatic nitrogens is 2. The van der Waals surface area contributed by atoms with Gasteiger partial charge in [0.25, 0.3) is 0 Å². The lowest BCUT2D eigenvalue weighted by Gasteiger charge is -1.90. The summed E-state index contributed by atoms with van der Waals surface area (Å²) in [4.78, 5) is 0. The van der Waals surface area contributed by atoms with Gasteiger partial charge >= 0.3 is 0 Å². The Morgan fingerprint density at radius 2 is 2.23 bits per heavy atom. The molecule has 1 aliphatic carbocycles. The minimum atomic E-state index is 0.687. The Hall–Kier alpha value is -1.31. The molecule has 0 spiro atoms. The molecule has 2 heterocycles. The van der Waals surface area contributed by atoms with Crippen molar-refractivity contribution in [2.75, 3.05) is 0 Å². The van der Waals surface area contributed by atoms with E-state index in [1.54, 1.807) is 0 Å². The summed E-state index contributed by atoms with van der Waals surface area (Å²) in [6.45, 7) is 4.09. The van der Waals surface area contributed by atoms with Crippen molar-refractivity contribution < 1.29 is 0 Å². The van der Waals surface area contributed by atoms with Gasteiger partial charge in [0, 0.05) is 17.7 Å². The normalized spacial score (nSPS) is 16.7. The summed E-state index contributed by atoms with van der Waals surface area (Å²) in [5.74, 6) is 0.687. The molecule has 0 aliphatic heterocycles. The average Bonchev–Trinajstić information content (AvgIpc) is 2.94. The van der Waals surface area contributed by atoms with E-state index < -0.39 is 0 Å². The van der Waals surface area contributed by atoms with Crippen molar-refractivity contribution in [1.82, 2.24) is 9.61 Å². The van der Waals surface area contributed by atoms with Gasteiger partial charge in [-0.3, -0.25) is 0 Å². The van der Waals surface area contributed by atoms with Crippen molar-refractivity contribution in [2.24, 2.45) is 0 Å². The molecule has 3 rings (SSSR count). The second kappa shape index (κ2) is 2.34. The molecule has 65 valence electrons. The van der Waals surface area contributed by atoms with Crippen molar-refractivity contribution >= 4 is 5.52 Å². The van der Waals surface area contributed by atoms with Crippen LogP contribution in [0, 0.1) is 6.92 Å². The molecule has 2 nitrogen and oxygen atoms in total. The van der Waals surface area contributed by atoms with E-state index in [1.807, 2.05) is 22.8 Å². The fourth-order valence-electron chi connectivity index (χ4n) is 1.75. The van der Waals surface area contributed by atoms with Gasteiger partial charge in [-0.15, -0.1) is 0 Å². The highest BCUT2D eigenvalue weighted by Crippen LogP contribution is 2.41. The standard InChI is InChI=1S/C11H11N2/c1-8-10-4-2-3-7-13(10)12-11(8)9-5-6-9/h2-4,7,9H,1,5-6H2. The smallest absolute Gasteiger partial charge is 0.0698 e. The molecule has 13 heavy (non-hydrogen) atoms. The van der Waals surface area contributed by atoms with Crippen LogP contribution in [-0.4, -0.2) is 9.61 Å². The average molecular weight is 171 g/mol. The van der Waals surface area contributed by atoms with Crippen LogP contribution in [0.3, 0.4) is 0 Å². The molecule has 2 aromatic rings. The Kier molecular flexibility index (Phi) is 1.29. The highest BCUT2D eigenvalue weighted by atomic mass is 15.2. The van der Waals surface area contributed by atoms with E-state index >= 15 is 0 Å². The first-order valence-corrected chi connectivity index (χ1v) is 4.65. The lowest BCUT2D eigenvalue weighted by atomic mass is 10.1. The maximum atomic E-state index is 4.53. The van der Waals surface area contributed by atoms with E-state index in [0.29, 0.717) is 5.92 Å². The van der Waals surface area contributed by atoms with Gasteiger partial charge in [-0.25, -0.2) is 4.52 Å². The van der Waals surface area contributed by atoms with Crippen LogP contribution in [0.1, 0.15) is 30.0 Å². The second-order valence-electron chi connectivity index (χ2n) is 3.67. The van der Waals surface area contributed by atoms with Crippen LogP contribution in [0.2, 0.25) is 0 Å². The van der Waals surface area contributed by atoms with Crippen molar-refractivity contribution in [3.63, 3.8) is 0 Å². The SMILES string of the molecule is [CH2]c1c(C2CC2)nn2ccccc12. The third-order valence-electron chi connectivity index (χ3n) is 2.64. The van der Waals surface area contributed by atoms with Crippen LogP contribution >= 0.6 is 0 Å². The predicted molar refractivity (Wildman–Crippen MR) is 51.6 cm³/mol. The van der Waals surface area contributed by atoms with Crippen molar-refractivity contribution in [1.29, 1.82) is 0 Å². The highest BCUT2D eigenvalue weighted by molar-refractivity contribution is 5.59. The number of nitrogens with zero attached hydrogens (tertiary/aromatic N) is 2. The highest BCUT2D eigenvalue weighted by Gasteiger charge is 2.28. The third kappa shape index (κ3) is 0.981. The van der Waals surface area contributed by atoms with Gasteiger partial charge in [0.15, 0.2) is 0 Å². The van der Waals surface area contributed by atoms with Gasteiger partial charge in [-0.2, -0.15) is 5.10 Å². The first-order chi connectivity index (χ1) is 6.36. The zero-order valence-corrected chi connectivity index (χ0v) is 7.40. The van der Waals surface area contributed by atoms with Crippen LogP contribution in [0.5, 0.6) is 0 Å². The maximum Gasteiger partial charge on any atom is 0.0698 e. The van der Waals surface area contributed by atoms with E-state index in [-0.39, 0.29) is 0 Å². The zero-order chi connectivity index (χ0) is 8.84. The van der Waals surface area contributed by atoms with Gasteiger partial charge in [0.05, 0.1) is 11.2 Å². The summed E-state index contributed by atoms with van der Waals surface area (Å²) >= 11 is 0. The molecule has 2 heteroatoms. The van der Waals surface area contributed by atoms with Gasteiger partial charge < -0.3 is 0 Å². The molecule has 1 fully saturated rings. The molecule has 0 N–H and O–H groups in total. The lowest BCUT2D eigenvalue weighted by molar-refractivity contribution is 0.890. The van der Waals surface area contributed by atoms with E-state index in [2.05, 4.69) is 18.1 Å². The van der Waals surface area contributed by atoms with Crippen LogP contribution in [0.4, 0.5) is 0 Å². The Labute approximate surface area is 77.2 Å². The van der Waals surface area contributed by atoms with Crippen LogP contribution in [-0.2, 0) is 0 Å². The van der Waals surface area contributed by atoms with E-state index in [4.69, 9.17) is 0 Å². The van der Waals surface area contributed by atoms with Crippen LogP contribution in [0.15, 0.2) is 24.4 Å².